The van der Waals surface area contributed by atoms with E-state index in [0.717, 1.165) is 17.7 Å². The van der Waals surface area contributed by atoms with Crippen LogP contribution in [0.15, 0.2) is 48.5 Å². The molecule has 0 unspecified atom stereocenters. The molecular weight excluding hydrogens is 427 g/mol. The molecule has 0 heterocycles. The van der Waals surface area contributed by atoms with Gasteiger partial charge in [-0.3, -0.25) is 4.57 Å². The van der Waals surface area contributed by atoms with E-state index in [9.17, 15) is 4.57 Å². The fraction of sp³-hybridized carbons (Fsp3) is 0.381. The van der Waals surface area contributed by atoms with Gasteiger partial charge in [0.25, 0.3) is 0 Å². The van der Waals surface area contributed by atoms with Gasteiger partial charge >= 0.3 is 7.60 Å². The van der Waals surface area contributed by atoms with Crippen LogP contribution in [0, 0.1) is 6.92 Å². The fourth-order valence-corrected chi connectivity index (χ4v) is 5.02. The standard InChI is InChI=1S/C21H28ClN2O3PS/c1-4-26-28(25,27-5-2)16-24(14-13-18-9-7-6-8-10-18)21(29)23-19-12-11-17(3)20(22)15-19/h6-12,15H,4-5,13-14,16H2,1-3H3,(H,23,29). The Morgan fingerprint density at radius 2 is 1.79 bits per heavy atom. The summed E-state index contributed by atoms with van der Waals surface area (Å²) in [6, 6.07) is 15.7. The van der Waals surface area contributed by atoms with E-state index >= 15 is 0 Å². The molecule has 0 saturated carbocycles. The summed E-state index contributed by atoms with van der Waals surface area (Å²) in [5.74, 6) is 0. The van der Waals surface area contributed by atoms with Crippen molar-refractivity contribution >= 4 is 42.2 Å². The van der Waals surface area contributed by atoms with Gasteiger partial charge in [0.1, 0.15) is 6.29 Å². The molecule has 158 valence electrons. The third-order valence-corrected chi connectivity index (χ3v) is 6.98. The normalized spacial score (nSPS) is 11.3. The predicted molar refractivity (Wildman–Crippen MR) is 125 cm³/mol. The Morgan fingerprint density at radius 3 is 2.38 bits per heavy atom. The molecule has 0 amide bonds. The smallest absolute Gasteiger partial charge is 0.337 e. The Hall–Kier alpha value is -1.43. The molecule has 5 nitrogen and oxygen atoms in total. The van der Waals surface area contributed by atoms with Gasteiger partial charge in [0.05, 0.1) is 13.2 Å². The van der Waals surface area contributed by atoms with Crippen molar-refractivity contribution in [1.82, 2.24) is 4.90 Å². The molecule has 29 heavy (non-hydrogen) atoms. The number of benzene rings is 2. The van der Waals surface area contributed by atoms with Crippen LogP contribution in [0.3, 0.4) is 0 Å². The lowest BCUT2D eigenvalue weighted by atomic mass is 10.1. The van der Waals surface area contributed by atoms with Crippen LogP contribution in [0.2, 0.25) is 5.02 Å². The van der Waals surface area contributed by atoms with E-state index in [4.69, 9.17) is 32.9 Å². The lowest BCUT2D eigenvalue weighted by Gasteiger charge is -2.29. The van der Waals surface area contributed by atoms with E-state index in [-0.39, 0.29) is 6.29 Å². The van der Waals surface area contributed by atoms with E-state index in [1.54, 1.807) is 13.8 Å². The third-order valence-electron chi connectivity index (χ3n) is 4.22. The van der Waals surface area contributed by atoms with E-state index in [1.165, 1.54) is 5.56 Å². The maximum atomic E-state index is 13.1. The average Bonchev–Trinajstić information content (AvgIpc) is 2.69. The number of nitrogens with one attached hydrogen (secondary N) is 1. The molecule has 1 N–H and O–H groups in total. The number of halogens is 1. The number of aryl methyl sites for hydroxylation is 1. The molecule has 0 fully saturated rings. The number of hydrogen-bond acceptors (Lipinski definition) is 4. The van der Waals surface area contributed by atoms with Gasteiger partial charge in [-0.05, 0) is 62.7 Å². The van der Waals surface area contributed by atoms with Crippen LogP contribution in [0.1, 0.15) is 25.0 Å². The second-order valence-electron chi connectivity index (χ2n) is 6.48. The van der Waals surface area contributed by atoms with Crippen molar-refractivity contribution in [1.29, 1.82) is 0 Å². The van der Waals surface area contributed by atoms with Crippen molar-refractivity contribution in [3.8, 4) is 0 Å². The van der Waals surface area contributed by atoms with Crippen molar-refractivity contribution < 1.29 is 13.6 Å². The maximum Gasteiger partial charge on any atom is 0.349 e. The summed E-state index contributed by atoms with van der Waals surface area (Å²) in [5, 5.41) is 4.29. The molecule has 0 aromatic heterocycles. The molecule has 0 aliphatic heterocycles. The summed E-state index contributed by atoms with van der Waals surface area (Å²) < 4.78 is 24.0. The minimum Gasteiger partial charge on any atom is -0.337 e. The van der Waals surface area contributed by atoms with E-state index in [1.807, 2.05) is 48.2 Å². The second kappa shape index (κ2) is 11.7. The van der Waals surface area contributed by atoms with Crippen molar-refractivity contribution in [2.75, 3.05) is 31.4 Å². The van der Waals surface area contributed by atoms with Gasteiger partial charge in [-0.2, -0.15) is 0 Å². The highest BCUT2D eigenvalue weighted by atomic mass is 35.5. The van der Waals surface area contributed by atoms with Gasteiger partial charge in [-0.15, -0.1) is 0 Å². The summed E-state index contributed by atoms with van der Waals surface area (Å²) >= 11 is 11.9. The van der Waals surface area contributed by atoms with Crippen LogP contribution in [-0.4, -0.2) is 36.1 Å². The van der Waals surface area contributed by atoms with E-state index in [0.29, 0.717) is 29.9 Å². The molecular formula is C21H28ClN2O3PS. The monoisotopic (exact) mass is 454 g/mol. The first-order chi connectivity index (χ1) is 13.9. The molecule has 8 heteroatoms. The summed E-state index contributed by atoms with van der Waals surface area (Å²) in [7, 11) is -3.30. The van der Waals surface area contributed by atoms with Crippen molar-refractivity contribution in [2.45, 2.75) is 27.2 Å². The summed E-state index contributed by atoms with van der Waals surface area (Å²) in [6.07, 6.45) is 0.822. The van der Waals surface area contributed by atoms with Gasteiger partial charge in [-0.25, -0.2) is 0 Å². The maximum absolute atomic E-state index is 13.1. The molecule has 2 aromatic carbocycles. The lowest BCUT2D eigenvalue weighted by molar-refractivity contribution is 0.210. The fourth-order valence-electron chi connectivity index (χ4n) is 2.74. The highest BCUT2D eigenvalue weighted by Crippen LogP contribution is 2.48. The van der Waals surface area contributed by atoms with Crippen molar-refractivity contribution in [2.24, 2.45) is 0 Å². The van der Waals surface area contributed by atoms with Crippen LogP contribution in [0.5, 0.6) is 0 Å². The van der Waals surface area contributed by atoms with Gasteiger partial charge < -0.3 is 19.3 Å². The number of rotatable bonds is 10. The Bertz CT molecular complexity index is 841. The minimum atomic E-state index is -3.30. The SMILES string of the molecule is CCOP(=O)(CN(CCc1ccccc1)C(=S)Nc1ccc(C)c(Cl)c1)OCC. The van der Waals surface area contributed by atoms with Crippen LogP contribution in [0.4, 0.5) is 5.69 Å². The Balaban J connectivity index is 2.18. The zero-order valence-electron chi connectivity index (χ0n) is 17.1. The first-order valence-electron chi connectivity index (χ1n) is 9.61. The quantitative estimate of drug-likeness (QED) is 0.345. The first kappa shape index (κ1) is 23.8. The van der Waals surface area contributed by atoms with Crippen molar-refractivity contribution in [3.05, 3.63) is 64.7 Å². The zero-order chi connectivity index (χ0) is 21.3. The molecule has 2 rings (SSSR count). The van der Waals surface area contributed by atoms with Crippen LogP contribution >= 0.6 is 31.4 Å². The van der Waals surface area contributed by atoms with Gasteiger partial charge in [0.2, 0.25) is 0 Å². The highest BCUT2D eigenvalue weighted by molar-refractivity contribution is 7.80. The highest BCUT2D eigenvalue weighted by Gasteiger charge is 2.28. The number of thiocarbonyl (C=S) groups is 1. The Kier molecular flexibility index (Phi) is 9.60. The van der Waals surface area contributed by atoms with Gasteiger partial charge in [0.15, 0.2) is 5.11 Å². The predicted octanol–water partition coefficient (Wildman–Crippen LogP) is 6.11. The van der Waals surface area contributed by atoms with E-state index < -0.39 is 7.60 Å². The molecule has 0 radical (unpaired) electrons. The molecule has 0 bridgehead atoms. The molecule has 0 atom stereocenters. The molecule has 0 aliphatic rings. The minimum absolute atomic E-state index is 0.0763. The van der Waals surface area contributed by atoms with Gasteiger partial charge in [0, 0.05) is 17.3 Å². The second-order valence-corrected chi connectivity index (χ2v) is 9.30. The summed E-state index contributed by atoms with van der Waals surface area (Å²) in [4.78, 5) is 1.84. The largest absolute Gasteiger partial charge is 0.349 e. The molecule has 2 aromatic rings. The summed E-state index contributed by atoms with van der Waals surface area (Å²) in [6.45, 7) is 6.71. The number of hydrogen-bond donors (Lipinski definition) is 1. The number of anilines is 1. The Labute approximate surface area is 183 Å². The Morgan fingerprint density at radius 1 is 1.14 bits per heavy atom. The third kappa shape index (κ3) is 7.72. The van der Waals surface area contributed by atoms with Gasteiger partial charge in [-0.1, -0.05) is 48.0 Å². The molecule has 0 aliphatic carbocycles. The van der Waals surface area contributed by atoms with Crippen molar-refractivity contribution in [3.63, 3.8) is 0 Å². The lowest BCUT2D eigenvalue weighted by Crippen LogP contribution is -2.37. The average molecular weight is 455 g/mol. The number of nitrogens with zero attached hydrogens (tertiary/aromatic N) is 1. The molecule has 0 saturated heterocycles. The van der Waals surface area contributed by atoms with Crippen LogP contribution in [0.25, 0.3) is 0 Å². The van der Waals surface area contributed by atoms with Crippen LogP contribution < -0.4 is 5.32 Å². The first-order valence-corrected chi connectivity index (χ1v) is 12.1. The summed E-state index contributed by atoms with van der Waals surface area (Å²) in [5.41, 5.74) is 2.93. The zero-order valence-corrected chi connectivity index (χ0v) is 19.5. The topological polar surface area (TPSA) is 50.8 Å². The van der Waals surface area contributed by atoms with E-state index in [2.05, 4.69) is 17.4 Å². The van der Waals surface area contributed by atoms with Crippen LogP contribution in [-0.2, 0) is 20.0 Å². The molecule has 0 spiro atoms.